The molecule has 0 radical (unpaired) electrons. The molecule has 1 aromatic heterocycles. The van der Waals surface area contributed by atoms with Crippen LogP contribution in [0.1, 0.15) is 16.7 Å². The number of nitrogens with two attached hydrogens (primary N) is 1. The first-order valence-corrected chi connectivity index (χ1v) is 5.47. The lowest BCUT2D eigenvalue weighted by Gasteiger charge is -2.06. The van der Waals surface area contributed by atoms with Crippen LogP contribution in [0, 0.1) is 13.8 Å². The molecule has 2 aromatic rings. The highest BCUT2D eigenvalue weighted by molar-refractivity contribution is 5.60. The number of nitrogens with one attached hydrogen (secondary N) is 1. The van der Waals surface area contributed by atoms with E-state index in [0.29, 0.717) is 11.4 Å². The highest BCUT2D eigenvalue weighted by Crippen LogP contribution is 2.19. The Hall–Kier alpha value is -1.94. The van der Waals surface area contributed by atoms with Crippen molar-refractivity contribution in [3.8, 4) is 11.4 Å². The fraction of sp³-hybridized carbons (Fsp3) is 0.231. The molecule has 4 heteroatoms. The molecule has 0 aliphatic heterocycles. The van der Waals surface area contributed by atoms with Gasteiger partial charge >= 0.3 is 0 Å². The highest BCUT2D eigenvalue weighted by atomic mass is 16.1. The zero-order chi connectivity index (χ0) is 12.4. The van der Waals surface area contributed by atoms with Crippen LogP contribution in [-0.2, 0) is 6.54 Å². The maximum atomic E-state index is 11.6. The van der Waals surface area contributed by atoms with Gasteiger partial charge in [0.15, 0.2) is 0 Å². The summed E-state index contributed by atoms with van der Waals surface area (Å²) in [6, 6.07) is 6.02. The number of rotatable bonds is 2. The van der Waals surface area contributed by atoms with Gasteiger partial charge in [-0.15, -0.1) is 0 Å². The molecular formula is C13H15N3O. The Labute approximate surface area is 99.5 Å². The van der Waals surface area contributed by atoms with E-state index in [9.17, 15) is 4.79 Å². The molecule has 0 spiro atoms. The third-order valence-electron chi connectivity index (χ3n) is 2.73. The molecule has 0 aliphatic rings. The molecule has 1 aromatic carbocycles. The van der Waals surface area contributed by atoms with Crippen LogP contribution in [0.3, 0.4) is 0 Å². The summed E-state index contributed by atoms with van der Waals surface area (Å²) in [5.74, 6) is 0.588. The van der Waals surface area contributed by atoms with E-state index in [2.05, 4.69) is 16.0 Å². The second-order valence-electron chi connectivity index (χ2n) is 4.11. The van der Waals surface area contributed by atoms with Gasteiger partial charge in [0.25, 0.3) is 5.56 Å². The summed E-state index contributed by atoms with van der Waals surface area (Å²) >= 11 is 0. The van der Waals surface area contributed by atoms with E-state index in [1.165, 1.54) is 11.8 Å². The van der Waals surface area contributed by atoms with Crippen molar-refractivity contribution in [2.45, 2.75) is 20.4 Å². The monoisotopic (exact) mass is 229 g/mol. The zero-order valence-electron chi connectivity index (χ0n) is 9.95. The van der Waals surface area contributed by atoms with Crippen molar-refractivity contribution >= 4 is 0 Å². The molecule has 0 unspecified atom stereocenters. The summed E-state index contributed by atoms with van der Waals surface area (Å²) in [5, 5.41) is 0. The van der Waals surface area contributed by atoms with Gasteiger partial charge in [0, 0.05) is 23.9 Å². The summed E-state index contributed by atoms with van der Waals surface area (Å²) in [6.45, 7) is 4.24. The first-order valence-electron chi connectivity index (χ1n) is 5.47. The molecule has 1 heterocycles. The topological polar surface area (TPSA) is 71.8 Å². The molecule has 17 heavy (non-hydrogen) atoms. The van der Waals surface area contributed by atoms with E-state index in [1.54, 1.807) is 0 Å². The van der Waals surface area contributed by atoms with Gasteiger partial charge in [-0.25, -0.2) is 4.98 Å². The Balaban J connectivity index is 2.54. The van der Waals surface area contributed by atoms with Gasteiger partial charge in [-0.3, -0.25) is 4.79 Å². The Morgan fingerprint density at radius 3 is 2.71 bits per heavy atom. The largest absolute Gasteiger partial charge is 0.326 e. The first kappa shape index (κ1) is 11.5. The van der Waals surface area contributed by atoms with Crippen molar-refractivity contribution in [2.75, 3.05) is 0 Å². The molecule has 0 aliphatic carbocycles. The van der Waals surface area contributed by atoms with E-state index in [1.807, 2.05) is 26.0 Å². The van der Waals surface area contributed by atoms with E-state index < -0.39 is 0 Å². The second kappa shape index (κ2) is 4.51. The van der Waals surface area contributed by atoms with Crippen LogP contribution in [-0.4, -0.2) is 9.97 Å². The van der Waals surface area contributed by atoms with Crippen molar-refractivity contribution in [2.24, 2.45) is 5.73 Å². The number of hydrogen-bond donors (Lipinski definition) is 2. The Morgan fingerprint density at radius 2 is 2.12 bits per heavy atom. The standard InChI is InChI=1S/C13H15N3O/c1-8-3-4-11(9(2)5-8)12-15-7-10(6-14)13(17)16-12/h3-5,7H,6,14H2,1-2H3,(H,15,16,17). The van der Waals surface area contributed by atoms with Gasteiger partial charge in [-0.2, -0.15) is 0 Å². The normalized spacial score (nSPS) is 10.5. The quantitative estimate of drug-likeness (QED) is 0.820. The van der Waals surface area contributed by atoms with Crippen LogP contribution in [0.25, 0.3) is 11.4 Å². The van der Waals surface area contributed by atoms with Crippen molar-refractivity contribution in [1.29, 1.82) is 0 Å². The highest BCUT2D eigenvalue weighted by Gasteiger charge is 2.06. The average molecular weight is 229 g/mol. The zero-order valence-corrected chi connectivity index (χ0v) is 9.95. The predicted octanol–water partition coefficient (Wildman–Crippen LogP) is 1.51. The fourth-order valence-electron chi connectivity index (χ4n) is 1.78. The lowest BCUT2D eigenvalue weighted by atomic mass is 10.1. The average Bonchev–Trinajstić information content (AvgIpc) is 2.29. The Morgan fingerprint density at radius 1 is 1.35 bits per heavy atom. The molecule has 0 fully saturated rings. The van der Waals surface area contributed by atoms with Crippen LogP contribution < -0.4 is 11.3 Å². The number of aromatic amines is 1. The van der Waals surface area contributed by atoms with Crippen molar-refractivity contribution in [3.63, 3.8) is 0 Å². The van der Waals surface area contributed by atoms with Crippen LogP contribution in [0.15, 0.2) is 29.2 Å². The van der Waals surface area contributed by atoms with Crippen molar-refractivity contribution in [3.05, 3.63) is 51.4 Å². The fourth-order valence-corrected chi connectivity index (χ4v) is 1.78. The lowest BCUT2D eigenvalue weighted by molar-refractivity contribution is 0.978. The molecule has 0 amide bonds. The first-order chi connectivity index (χ1) is 8.11. The van der Waals surface area contributed by atoms with Gasteiger partial charge in [0.05, 0.1) is 0 Å². The van der Waals surface area contributed by atoms with Gasteiger partial charge in [0.1, 0.15) is 5.82 Å². The SMILES string of the molecule is Cc1ccc(-c2ncc(CN)c(=O)[nH]2)c(C)c1. The van der Waals surface area contributed by atoms with E-state index in [4.69, 9.17) is 5.73 Å². The number of nitrogens with zero attached hydrogens (tertiary/aromatic N) is 1. The Kier molecular flexibility index (Phi) is 3.06. The molecule has 88 valence electrons. The molecule has 2 rings (SSSR count). The van der Waals surface area contributed by atoms with Gasteiger partial charge in [0.2, 0.25) is 0 Å². The third kappa shape index (κ3) is 2.26. The van der Waals surface area contributed by atoms with E-state index in [0.717, 1.165) is 11.1 Å². The van der Waals surface area contributed by atoms with Crippen LogP contribution in [0.2, 0.25) is 0 Å². The molecular weight excluding hydrogens is 214 g/mol. The third-order valence-corrected chi connectivity index (χ3v) is 2.73. The maximum absolute atomic E-state index is 11.6. The van der Waals surface area contributed by atoms with Crippen molar-refractivity contribution in [1.82, 2.24) is 9.97 Å². The smallest absolute Gasteiger partial charge is 0.255 e. The van der Waals surface area contributed by atoms with Crippen LogP contribution in [0.5, 0.6) is 0 Å². The van der Waals surface area contributed by atoms with Gasteiger partial charge in [-0.05, 0) is 19.4 Å². The molecule has 0 atom stereocenters. The van der Waals surface area contributed by atoms with Crippen LogP contribution in [0.4, 0.5) is 0 Å². The molecule has 4 nitrogen and oxygen atoms in total. The molecule has 0 bridgehead atoms. The number of H-pyrrole nitrogens is 1. The summed E-state index contributed by atoms with van der Waals surface area (Å²) < 4.78 is 0. The lowest BCUT2D eigenvalue weighted by Crippen LogP contribution is -2.17. The minimum absolute atomic E-state index is 0.169. The molecule has 3 N–H and O–H groups in total. The summed E-state index contributed by atoms with van der Waals surface area (Å²) in [7, 11) is 0. The maximum Gasteiger partial charge on any atom is 0.255 e. The van der Waals surface area contributed by atoms with Crippen LogP contribution >= 0.6 is 0 Å². The predicted molar refractivity (Wildman–Crippen MR) is 67.7 cm³/mol. The summed E-state index contributed by atoms with van der Waals surface area (Å²) in [6.07, 6.45) is 1.54. The van der Waals surface area contributed by atoms with Gasteiger partial charge in [-0.1, -0.05) is 23.8 Å². The molecule has 0 saturated heterocycles. The number of hydrogen-bond acceptors (Lipinski definition) is 3. The summed E-state index contributed by atoms with van der Waals surface area (Å²) in [4.78, 5) is 18.6. The summed E-state index contributed by atoms with van der Waals surface area (Å²) in [5.41, 5.74) is 8.98. The van der Waals surface area contributed by atoms with Crippen molar-refractivity contribution < 1.29 is 0 Å². The number of aromatic nitrogens is 2. The van der Waals surface area contributed by atoms with Gasteiger partial charge < -0.3 is 10.7 Å². The van der Waals surface area contributed by atoms with E-state index >= 15 is 0 Å². The molecule has 0 saturated carbocycles. The minimum atomic E-state index is -0.169. The van der Waals surface area contributed by atoms with E-state index in [-0.39, 0.29) is 12.1 Å². The number of aryl methyl sites for hydroxylation is 2. The Bertz CT molecular complexity index is 602. The number of benzene rings is 1. The minimum Gasteiger partial charge on any atom is -0.326 e. The second-order valence-corrected chi connectivity index (χ2v) is 4.11.